The Morgan fingerprint density at radius 2 is 1.88 bits per heavy atom. The van der Waals surface area contributed by atoms with Crippen LogP contribution in [-0.2, 0) is 0 Å². The van der Waals surface area contributed by atoms with E-state index in [4.69, 9.17) is 27.9 Å². The molecule has 0 amide bonds. The second kappa shape index (κ2) is 8.07. The number of nitrogens with zero attached hydrogens (tertiary/aromatic N) is 1. The summed E-state index contributed by atoms with van der Waals surface area (Å²) in [5.41, 5.74) is 2.08. The van der Waals surface area contributed by atoms with Crippen LogP contribution in [0.2, 0.25) is 10.0 Å². The highest BCUT2D eigenvalue weighted by Crippen LogP contribution is 2.41. The van der Waals surface area contributed by atoms with Gasteiger partial charge in [-0.3, -0.25) is 4.90 Å². The SMILES string of the molecule is COc1ccc(Br)cc1C(c1cccc(Cl)c1Cl)N1CCNCC1. The molecule has 1 unspecified atom stereocenters. The maximum Gasteiger partial charge on any atom is 0.124 e. The van der Waals surface area contributed by atoms with Gasteiger partial charge in [0.05, 0.1) is 23.2 Å². The van der Waals surface area contributed by atoms with Gasteiger partial charge in [-0.1, -0.05) is 51.3 Å². The molecule has 1 atom stereocenters. The molecule has 128 valence electrons. The molecule has 1 N–H and O–H groups in total. The van der Waals surface area contributed by atoms with E-state index in [2.05, 4.69) is 32.2 Å². The smallest absolute Gasteiger partial charge is 0.124 e. The van der Waals surface area contributed by atoms with Gasteiger partial charge in [0.15, 0.2) is 0 Å². The molecule has 3 rings (SSSR count). The van der Waals surface area contributed by atoms with E-state index in [0.29, 0.717) is 10.0 Å². The molecule has 0 bridgehead atoms. The average Bonchev–Trinajstić information content (AvgIpc) is 2.60. The second-order valence-electron chi connectivity index (χ2n) is 5.72. The molecule has 1 fully saturated rings. The molecule has 1 heterocycles. The van der Waals surface area contributed by atoms with Gasteiger partial charge in [-0.25, -0.2) is 0 Å². The van der Waals surface area contributed by atoms with Gasteiger partial charge >= 0.3 is 0 Å². The van der Waals surface area contributed by atoms with Gasteiger partial charge in [0.1, 0.15) is 5.75 Å². The summed E-state index contributed by atoms with van der Waals surface area (Å²) in [7, 11) is 1.70. The molecule has 3 nitrogen and oxygen atoms in total. The highest BCUT2D eigenvalue weighted by atomic mass is 79.9. The average molecular weight is 430 g/mol. The Morgan fingerprint density at radius 3 is 2.58 bits per heavy atom. The van der Waals surface area contributed by atoms with Gasteiger partial charge in [-0.05, 0) is 29.8 Å². The van der Waals surface area contributed by atoms with E-state index in [1.165, 1.54) is 0 Å². The molecule has 1 saturated heterocycles. The van der Waals surface area contributed by atoms with Crippen LogP contribution in [0.1, 0.15) is 17.2 Å². The first-order chi connectivity index (χ1) is 11.6. The molecule has 0 aliphatic carbocycles. The van der Waals surface area contributed by atoms with Gasteiger partial charge in [-0.2, -0.15) is 0 Å². The van der Waals surface area contributed by atoms with Crippen LogP contribution in [0.4, 0.5) is 0 Å². The minimum absolute atomic E-state index is 0.00856. The molecule has 0 spiro atoms. The number of hydrogen-bond donors (Lipinski definition) is 1. The first-order valence-corrected chi connectivity index (χ1v) is 9.39. The van der Waals surface area contributed by atoms with Crippen LogP contribution in [0.25, 0.3) is 0 Å². The molecule has 0 saturated carbocycles. The molecule has 6 heteroatoms. The Morgan fingerprint density at radius 1 is 1.12 bits per heavy atom. The fourth-order valence-electron chi connectivity index (χ4n) is 3.15. The predicted octanol–water partition coefficient (Wildman–Crippen LogP) is 4.76. The second-order valence-corrected chi connectivity index (χ2v) is 7.42. The monoisotopic (exact) mass is 428 g/mol. The van der Waals surface area contributed by atoms with E-state index < -0.39 is 0 Å². The number of hydrogen-bond acceptors (Lipinski definition) is 3. The summed E-state index contributed by atoms with van der Waals surface area (Å²) in [6.45, 7) is 3.77. The maximum atomic E-state index is 6.57. The first kappa shape index (κ1) is 18.0. The standard InChI is InChI=1S/C18H19BrCl2N2O/c1-24-16-6-5-12(19)11-14(16)18(23-9-7-22-8-10-23)13-3-2-4-15(20)17(13)21/h2-6,11,18,22H,7-10H2,1H3. The van der Waals surface area contributed by atoms with Crippen LogP contribution >= 0.6 is 39.1 Å². The molecule has 1 aliphatic rings. The van der Waals surface area contributed by atoms with Gasteiger partial charge in [-0.15, -0.1) is 0 Å². The van der Waals surface area contributed by atoms with Crippen LogP contribution in [-0.4, -0.2) is 38.2 Å². The Kier molecular flexibility index (Phi) is 6.06. The third-order valence-corrected chi connectivity index (χ3v) is 5.61. The Labute approximate surface area is 161 Å². The Bertz CT molecular complexity index is 720. The summed E-state index contributed by atoms with van der Waals surface area (Å²) >= 11 is 16.4. The third-order valence-electron chi connectivity index (χ3n) is 4.28. The number of ether oxygens (including phenoxy) is 1. The Balaban J connectivity index is 2.15. The number of nitrogens with one attached hydrogen (secondary N) is 1. The lowest BCUT2D eigenvalue weighted by Crippen LogP contribution is -2.45. The van der Waals surface area contributed by atoms with E-state index in [9.17, 15) is 0 Å². The van der Waals surface area contributed by atoms with Gasteiger partial charge < -0.3 is 10.1 Å². The Hall–Kier alpha value is -0.780. The zero-order valence-corrected chi connectivity index (χ0v) is 16.5. The molecule has 0 aromatic heterocycles. The highest BCUT2D eigenvalue weighted by Gasteiger charge is 2.28. The van der Waals surface area contributed by atoms with Crippen molar-refractivity contribution in [1.29, 1.82) is 0 Å². The summed E-state index contributed by atoms with van der Waals surface area (Å²) < 4.78 is 6.64. The fourth-order valence-corrected chi connectivity index (χ4v) is 3.94. The van der Waals surface area contributed by atoms with E-state index in [0.717, 1.165) is 47.5 Å². The number of benzene rings is 2. The van der Waals surface area contributed by atoms with E-state index in [1.54, 1.807) is 7.11 Å². The number of rotatable bonds is 4. The predicted molar refractivity (Wildman–Crippen MR) is 103 cm³/mol. The molecular formula is C18H19BrCl2N2O. The summed E-state index contributed by atoms with van der Waals surface area (Å²) in [4.78, 5) is 2.42. The molecule has 2 aromatic rings. The quantitative estimate of drug-likeness (QED) is 0.758. The van der Waals surface area contributed by atoms with Crippen molar-refractivity contribution in [3.8, 4) is 5.75 Å². The number of methoxy groups -OCH3 is 1. The largest absolute Gasteiger partial charge is 0.496 e. The van der Waals surface area contributed by atoms with Crippen molar-refractivity contribution in [3.05, 3.63) is 62.0 Å². The lowest BCUT2D eigenvalue weighted by Gasteiger charge is -2.36. The molecule has 0 radical (unpaired) electrons. The van der Waals surface area contributed by atoms with Crippen molar-refractivity contribution in [2.45, 2.75) is 6.04 Å². The van der Waals surface area contributed by atoms with Crippen molar-refractivity contribution in [1.82, 2.24) is 10.2 Å². The first-order valence-electron chi connectivity index (χ1n) is 7.84. The fraction of sp³-hybridized carbons (Fsp3) is 0.333. The lowest BCUT2D eigenvalue weighted by atomic mass is 9.95. The van der Waals surface area contributed by atoms with E-state index in [1.807, 2.05) is 30.3 Å². The van der Waals surface area contributed by atoms with Gasteiger partial charge in [0.25, 0.3) is 0 Å². The van der Waals surface area contributed by atoms with Crippen LogP contribution in [0.5, 0.6) is 5.75 Å². The molecule has 24 heavy (non-hydrogen) atoms. The number of piperazine rings is 1. The normalized spacial score (nSPS) is 16.8. The van der Waals surface area contributed by atoms with Crippen LogP contribution in [0, 0.1) is 0 Å². The van der Waals surface area contributed by atoms with Crippen LogP contribution in [0.3, 0.4) is 0 Å². The van der Waals surface area contributed by atoms with Gasteiger partial charge in [0, 0.05) is 36.2 Å². The lowest BCUT2D eigenvalue weighted by molar-refractivity contribution is 0.195. The molecule has 2 aromatic carbocycles. The zero-order valence-electron chi connectivity index (χ0n) is 13.4. The maximum absolute atomic E-state index is 6.57. The minimum Gasteiger partial charge on any atom is -0.496 e. The van der Waals surface area contributed by atoms with Crippen molar-refractivity contribution in [3.63, 3.8) is 0 Å². The topological polar surface area (TPSA) is 24.5 Å². The van der Waals surface area contributed by atoms with Crippen LogP contribution in [0.15, 0.2) is 40.9 Å². The summed E-state index contributed by atoms with van der Waals surface area (Å²) in [6, 6.07) is 11.9. The molecule has 1 aliphatic heterocycles. The van der Waals surface area contributed by atoms with E-state index in [-0.39, 0.29) is 6.04 Å². The van der Waals surface area contributed by atoms with Gasteiger partial charge in [0.2, 0.25) is 0 Å². The van der Waals surface area contributed by atoms with Crippen LogP contribution < -0.4 is 10.1 Å². The molecular weight excluding hydrogens is 411 g/mol. The zero-order chi connectivity index (χ0) is 17.1. The minimum atomic E-state index is -0.00856. The van der Waals surface area contributed by atoms with Crippen molar-refractivity contribution < 1.29 is 4.74 Å². The summed E-state index contributed by atoms with van der Waals surface area (Å²) in [6.07, 6.45) is 0. The summed E-state index contributed by atoms with van der Waals surface area (Å²) in [5, 5.41) is 4.57. The number of halogens is 3. The van der Waals surface area contributed by atoms with E-state index >= 15 is 0 Å². The van der Waals surface area contributed by atoms with Crippen molar-refractivity contribution >= 4 is 39.1 Å². The summed E-state index contributed by atoms with van der Waals surface area (Å²) in [5.74, 6) is 0.845. The van der Waals surface area contributed by atoms with Crippen molar-refractivity contribution in [2.24, 2.45) is 0 Å². The van der Waals surface area contributed by atoms with Crippen molar-refractivity contribution in [2.75, 3.05) is 33.3 Å². The highest BCUT2D eigenvalue weighted by molar-refractivity contribution is 9.10. The third kappa shape index (κ3) is 3.73.